The molecule has 1 amide bonds. The van der Waals surface area contributed by atoms with Gasteiger partial charge in [0.05, 0.1) is 18.2 Å². The maximum Gasteiger partial charge on any atom is 0.295 e. The summed E-state index contributed by atoms with van der Waals surface area (Å²) in [7, 11) is 3.86. The Hall–Kier alpha value is -3.19. The topological polar surface area (TPSA) is 70.1 Å². The van der Waals surface area contributed by atoms with Crippen molar-refractivity contribution in [2.24, 2.45) is 0 Å². The molecule has 2 aromatic carbocycles. The van der Waals surface area contributed by atoms with Crippen LogP contribution in [0.5, 0.6) is 5.75 Å². The molecule has 0 radical (unpaired) electrons. The highest BCUT2D eigenvalue weighted by Gasteiger charge is 2.45. The molecule has 0 unspecified atom stereocenters. The molecule has 0 aromatic heterocycles. The average molecular weight is 441 g/mol. The third kappa shape index (κ3) is 4.83. The van der Waals surface area contributed by atoms with Gasteiger partial charge in [0.1, 0.15) is 17.3 Å². The van der Waals surface area contributed by atoms with Gasteiger partial charge in [0.2, 0.25) is 0 Å². The average Bonchev–Trinajstić information content (AvgIpc) is 2.99. The molecule has 170 valence electrons. The summed E-state index contributed by atoms with van der Waals surface area (Å²) < 4.78 is 19.1. The lowest BCUT2D eigenvalue weighted by atomic mass is 9.94. The summed E-state index contributed by atoms with van der Waals surface area (Å²) in [6.45, 7) is 5.26. The van der Waals surface area contributed by atoms with Crippen LogP contribution >= 0.6 is 0 Å². The van der Waals surface area contributed by atoms with E-state index >= 15 is 0 Å². The van der Waals surface area contributed by atoms with Gasteiger partial charge < -0.3 is 19.6 Å². The highest BCUT2D eigenvalue weighted by atomic mass is 19.1. The summed E-state index contributed by atoms with van der Waals surface area (Å²) >= 11 is 0. The molecule has 1 fully saturated rings. The lowest BCUT2D eigenvalue weighted by Crippen LogP contribution is -2.32. The number of carbonyl (C=O) groups is 2. The molecule has 1 saturated heterocycles. The maximum atomic E-state index is 13.6. The second-order valence-corrected chi connectivity index (χ2v) is 8.11. The molecule has 0 saturated carbocycles. The zero-order chi connectivity index (χ0) is 23.4. The molecule has 32 heavy (non-hydrogen) atoms. The number of carbonyl (C=O) groups excluding carboxylic acids is 2. The van der Waals surface area contributed by atoms with Crippen LogP contribution in [0.15, 0.2) is 48.0 Å². The van der Waals surface area contributed by atoms with Gasteiger partial charge in [-0.15, -0.1) is 0 Å². The van der Waals surface area contributed by atoms with Gasteiger partial charge in [-0.05, 0) is 82.4 Å². The maximum absolute atomic E-state index is 13.6. The summed E-state index contributed by atoms with van der Waals surface area (Å²) in [5.74, 6) is -1.41. The smallest absolute Gasteiger partial charge is 0.295 e. The number of halogens is 1. The Balaban J connectivity index is 2.09. The fraction of sp³-hybridized carbons (Fsp3) is 0.360. The number of nitrogens with zero attached hydrogens (tertiary/aromatic N) is 2. The number of Topliss-reactive ketones (excluding diaryl/α,β-unsaturated/α-hetero) is 1. The van der Waals surface area contributed by atoms with E-state index in [1.54, 1.807) is 37.3 Å². The van der Waals surface area contributed by atoms with E-state index in [-0.39, 0.29) is 11.3 Å². The van der Waals surface area contributed by atoms with Crippen LogP contribution < -0.4 is 4.74 Å². The number of aryl methyl sites for hydroxylation is 1. The van der Waals surface area contributed by atoms with Crippen LogP contribution in [0, 0.1) is 12.7 Å². The summed E-state index contributed by atoms with van der Waals surface area (Å²) in [6, 6.07) is 10.0. The number of hydrogen-bond donors (Lipinski definition) is 1. The molecule has 7 heteroatoms. The Labute approximate surface area is 187 Å². The van der Waals surface area contributed by atoms with E-state index in [9.17, 15) is 19.1 Å². The monoisotopic (exact) mass is 440 g/mol. The molecule has 1 aliphatic rings. The number of benzene rings is 2. The van der Waals surface area contributed by atoms with Gasteiger partial charge in [-0.25, -0.2) is 4.39 Å². The van der Waals surface area contributed by atoms with Gasteiger partial charge in [0.15, 0.2) is 0 Å². The summed E-state index contributed by atoms with van der Waals surface area (Å²) in [5, 5.41) is 11.2. The van der Waals surface area contributed by atoms with E-state index in [0.29, 0.717) is 42.0 Å². The minimum absolute atomic E-state index is 0.0127. The number of aliphatic hydroxyl groups excluding tert-OH is 1. The molecule has 0 aliphatic carbocycles. The first kappa shape index (κ1) is 23.5. The molecular formula is C25H29FN2O4. The number of ketones is 1. The van der Waals surface area contributed by atoms with Crippen molar-refractivity contribution >= 4 is 17.4 Å². The largest absolute Gasteiger partial charge is 0.507 e. The Bertz CT molecular complexity index is 1030. The van der Waals surface area contributed by atoms with Crippen molar-refractivity contribution in [3.8, 4) is 5.75 Å². The highest BCUT2D eigenvalue weighted by molar-refractivity contribution is 6.46. The number of amides is 1. The molecule has 3 rings (SSSR count). The van der Waals surface area contributed by atoms with Crippen LogP contribution in [-0.2, 0) is 9.59 Å². The quantitative estimate of drug-likeness (QED) is 0.383. The molecule has 0 spiro atoms. The Morgan fingerprint density at radius 1 is 1.16 bits per heavy atom. The van der Waals surface area contributed by atoms with Crippen LogP contribution in [0.2, 0.25) is 0 Å². The van der Waals surface area contributed by atoms with Crippen LogP contribution in [0.25, 0.3) is 5.76 Å². The molecule has 0 bridgehead atoms. The molecule has 1 heterocycles. The fourth-order valence-electron chi connectivity index (χ4n) is 3.96. The molecule has 1 aliphatic heterocycles. The number of hydrogen-bond acceptors (Lipinski definition) is 5. The van der Waals surface area contributed by atoms with Crippen LogP contribution in [0.4, 0.5) is 4.39 Å². The van der Waals surface area contributed by atoms with Gasteiger partial charge in [-0.3, -0.25) is 9.59 Å². The second kappa shape index (κ2) is 9.96. The Morgan fingerprint density at radius 2 is 1.84 bits per heavy atom. The van der Waals surface area contributed by atoms with Gasteiger partial charge in [0, 0.05) is 12.1 Å². The predicted molar refractivity (Wildman–Crippen MR) is 121 cm³/mol. The number of ether oxygens (including phenoxy) is 1. The lowest BCUT2D eigenvalue weighted by Gasteiger charge is -2.26. The molecular weight excluding hydrogens is 411 g/mol. The highest BCUT2D eigenvalue weighted by Crippen LogP contribution is 2.40. The van der Waals surface area contributed by atoms with Gasteiger partial charge in [0.25, 0.3) is 11.7 Å². The third-order valence-electron chi connectivity index (χ3n) is 5.49. The fourth-order valence-corrected chi connectivity index (χ4v) is 3.96. The minimum Gasteiger partial charge on any atom is -0.507 e. The standard InChI is InChI=1S/C25H29FN2O4/c1-5-32-19-11-12-20(16(2)15-19)23(29)21-22(17-7-9-18(26)10-8-17)28(25(31)24(21)30)14-6-13-27(3)4/h7-12,15,22,29H,5-6,13-14H2,1-4H3/t22-/m0/s1. The number of rotatable bonds is 8. The number of aliphatic hydroxyl groups is 1. The third-order valence-corrected chi connectivity index (χ3v) is 5.49. The van der Waals surface area contributed by atoms with E-state index < -0.39 is 23.5 Å². The van der Waals surface area contributed by atoms with Crippen molar-refractivity contribution in [1.82, 2.24) is 9.80 Å². The van der Waals surface area contributed by atoms with E-state index in [1.807, 2.05) is 25.9 Å². The van der Waals surface area contributed by atoms with Crippen molar-refractivity contribution < 1.29 is 23.8 Å². The van der Waals surface area contributed by atoms with Crippen LogP contribution in [-0.4, -0.2) is 60.4 Å². The minimum atomic E-state index is -0.788. The molecule has 6 nitrogen and oxygen atoms in total. The summed E-state index contributed by atoms with van der Waals surface area (Å²) in [6.07, 6.45) is 0.653. The molecule has 2 aromatic rings. The van der Waals surface area contributed by atoms with Gasteiger partial charge in [-0.2, -0.15) is 0 Å². The Morgan fingerprint density at radius 3 is 2.44 bits per heavy atom. The van der Waals surface area contributed by atoms with Crippen LogP contribution in [0.1, 0.15) is 36.1 Å². The zero-order valence-corrected chi connectivity index (χ0v) is 18.9. The van der Waals surface area contributed by atoms with E-state index in [2.05, 4.69) is 0 Å². The molecule has 1 atom stereocenters. The Kier molecular flexibility index (Phi) is 7.30. The zero-order valence-electron chi connectivity index (χ0n) is 18.9. The van der Waals surface area contributed by atoms with Crippen molar-refractivity contribution in [2.75, 3.05) is 33.8 Å². The van der Waals surface area contributed by atoms with Crippen molar-refractivity contribution in [1.29, 1.82) is 0 Å². The SMILES string of the molecule is CCOc1ccc(C(O)=C2C(=O)C(=O)N(CCCN(C)C)[C@H]2c2ccc(F)cc2)c(C)c1. The molecule has 1 N–H and O–H groups in total. The first-order chi connectivity index (χ1) is 15.2. The van der Waals surface area contributed by atoms with E-state index in [0.717, 1.165) is 6.54 Å². The van der Waals surface area contributed by atoms with Gasteiger partial charge >= 0.3 is 0 Å². The summed E-state index contributed by atoms with van der Waals surface area (Å²) in [4.78, 5) is 29.4. The number of likely N-dealkylation sites (tertiary alicyclic amines) is 1. The van der Waals surface area contributed by atoms with Gasteiger partial charge in [-0.1, -0.05) is 12.1 Å². The normalized spacial score (nSPS) is 17.9. The predicted octanol–water partition coefficient (Wildman–Crippen LogP) is 3.91. The summed E-state index contributed by atoms with van der Waals surface area (Å²) in [5.41, 5.74) is 1.75. The lowest BCUT2D eigenvalue weighted by molar-refractivity contribution is -0.139. The van der Waals surface area contributed by atoms with Crippen LogP contribution in [0.3, 0.4) is 0 Å². The van der Waals surface area contributed by atoms with E-state index in [1.165, 1.54) is 17.0 Å². The first-order valence-corrected chi connectivity index (χ1v) is 10.7. The first-order valence-electron chi connectivity index (χ1n) is 10.7. The van der Waals surface area contributed by atoms with Crippen molar-refractivity contribution in [2.45, 2.75) is 26.3 Å². The van der Waals surface area contributed by atoms with E-state index in [4.69, 9.17) is 4.74 Å². The van der Waals surface area contributed by atoms with Crippen molar-refractivity contribution in [3.05, 3.63) is 70.5 Å². The van der Waals surface area contributed by atoms with Crippen molar-refractivity contribution in [3.63, 3.8) is 0 Å². The second-order valence-electron chi connectivity index (χ2n) is 8.11.